The maximum Gasteiger partial charge on any atom is 0.323 e. The smallest absolute Gasteiger partial charge is 0.323 e. The number of methoxy groups -OCH3 is 1. The normalized spacial score (nSPS) is 11.5. The summed E-state index contributed by atoms with van der Waals surface area (Å²) in [5.41, 5.74) is 0.100. The number of benzene rings is 1. The third-order valence-corrected chi connectivity index (χ3v) is 5.95. The molecule has 0 unspecified atom stereocenters. The van der Waals surface area contributed by atoms with Crippen molar-refractivity contribution in [3.8, 4) is 0 Å². The number of pyridine rings is 2. The molecule has 0 radical (unpaired) electrons. The summed E-state index contributed by atoms with van der Waals surface area (Å²) < 4.78 is 32.6. The molecule has 1 N–H and O–H groups in total. The zero-order valence-corrected chi connectivity index (χ0v) is 18.3. The van der Waals surface area contributed by atoms with Crippen LogP contribution in [0.2, 0.25) is 5.02 Å². The van der Waals surface area contributed by atoms with Gasteiger partial charge in [0.15, 0.2) is 5.43 Å². The SMILES string of the molecule is COCCN(CC(F)F)c1ccc2c(=O)c3ccc(Cl)c(SC)c3n(CC(=O)O)c2n1. The molecule has 2 heterocycles. The Balaban J connectivity index is 2.37. The minimum absolute atomic E-state index is 0.0895. The van der Waals surface area contributed by atoms with Crippen LogP contribution in [0.5, 0.6) is 0 Å². The highest BCUT2D eigenvalue weighted by Gasteiger charge is 2.21. The summed E-state index contributed by atoms with van der Waals surface area (Å²) >= 11 is 7.58. The Morgan fingerprint density at radius 2 is 2.03 bits per heavy atom. The van der Waals surface area contributed by atoms with Crippen LogP contribution in [0.25, 0.3) is 21.9 Å². The molecule has 3 aromatic rings. The topological polar surface area (TPSA) is 84.7 Å². The van der Waals surface area contributed by atoms with Gasteiger partial charge in [0.05, 0.1) is 34.0 Å². The largest absolute Gasteiger partial charge is 0.480 e. The highest BCUT2D eigenvalue weighted by molar-refractivity contribution is 7.99. The van der Waals surface area contributed by atoms with E-state index in [9.17, 15) is 23.5 Å². The van der Waals surface area contributed by atoms with Crippen molar-refractivity contribution in [1.82, 2.24) is 9.55 Å². The third kappa shape index (κ3) is 4.76. The predicted molar refractivity (Wildman–Crippen MR) is 118 cm³/mol. The molecule has 2 aromatic heterocycles. The number of anilines is 1. The first-order chi connectivity index (χ1) is 14.8. The van der Waals surface area contributed by atoms with Crippen LogP contribution < -0.4 is 10.3 Å². The van der Waals surface area contributed by atoms with Gasteiger partial charge in [0.25, 0.3) is 6.43 Å². The number of nitrogens with zero attached hydrogens (tertiary/aromatic N) is 3. The van der Waals surface area contributed by atoms with Crippen molar-refractivity contribution in [1.29, 1.82) is 0 Å². The first-order valence-electron chi connectivity index (χ1n) is 9.22. The Hall–Kier alpha value is -2.43. The summed E-state index contributed by atoms with van der Waals surface area (Å²) in [7, 11) is 1.46. The first kappa shape index (κ1) is 23.2. The van der Waals surface area contributed by atoms with Crippen molar-refractivity contribution in [2.75, 3.05) is 38.0 Å². The molecule has 3 rings (SSSR count). The van der Waals surface area contributed by atoms with Crippen LogP contribution in [-0.4, -0.2) is 60.1 Å². The minimum Gasteiger partial charge on any atom is -0.480 e. The number of rotatable bonds is 9. The second-order valence-electron chi connectivity index (χ2n) is 6.66. The first-order valence-corrected chi connectivity index (χ1v) is 10.8. The van der Waals surface area contributed by atoms with E-state index >= 15 is 0 Å². The van der Waals surface area contributed by atoms with Crippen LogP contribution in [0.15, 0.2) is 34.0 Å². The Morgan fingerprint density at radius 1 is 1.32 bits per heavy atom. The van der Waals surface area contributed by atoms with E-state index in [4.69, 9.17) is 16.3 Å². The van der Waals surface area contributed by atoms with Crippen molar-refractivity contribution in [2.45, 2.75) is 17.9 Å². The van der Waals surface area contributed by atoms with Crippen molar-refractivity contribution in [3.63, 3.8) is 0 Å². The zero-order chi connectivity index (χ0) is 22.7. The molecule has 0 fully saturated rings. The van der Waals surface area contributed by atoms with Crippen molar-refractivity contribution >= 4 is 57.1 Å². The van der Waals surface area contributed by atoms with E-state index in [0.717, 1.165) is 0 Å². The molecule has 11 heteroatoms. The summed E-state index contributed by atoms with van der Waals surface area (Å²) in [6.07, 6.45) is -0.853. The molecule has 0 aliphatic carbocycles. The molecule has 0 aliphatic heterocycles. The van der Waals surface area contributed by atoms with Gasteiger partial charge in [0.1, 0.15) is 18.0 Å². The van der Waals surface area contributed by atoms with Gasteiger partial charge >= 0.3 is 5.97 Å². The number of carbonyl (C=O) groups is 1. The number of aliphatic carboxylic acids is 1. The van der Waals surface area contributed by atoms with E-state index in [-0.39, 0.29) is 35.4 Å². The van der Waals surface area contributed by atoms with Crippen LogP contribution >= 0.6 is 23.4 Å². The molecule has 0 aliphatic rings. The van der Waals surface area contributed by atoms with Gasteiger partial charge in [-0.3, -0.25) is 9.59 Å². The monoisotopic (exact) mass is 471 g/mol. The molecule has 31 heavy (non-hydrogen) atoms. The van der Waals surface area contributed by atoms with E-state index in [0.29, 0.717) is 20.8 Å². The molecule has 0 spiro atoms. The number of aromatic nitrogens is 2. The summed E-state index contributed by atoms with van der Waals surface area (Å²) in [6.45, 7) is -0.721. The van der Waals surface area contributed by atoms with Crippen LogP contribution in [-0.2, 0) is 16.1 Å². The second kappa shape index (κ2) is 9.80. The number of fused-ring (bicyclic) bond motifs is 2. The number of alkyl halides is 2. The molecule has 0 amide bonds. The molecular weight excluding hydrogens is 452 g/mol. The molecule has 0 atom stereocenters. The van der Waals surface area contributed by atoms with Crippen molar-refractivity contribution in [3.05, 3.63) is 39.5 Å². The summed E-state index contributed by atoms with van der Waals surface area (Å²) in [5, 5.41) is 10.4. The van der Waals surface area contributed by atoms with Crippen LogP contribution in [0.4, 0.5) is 14.6 Å². The number of thioether (sulfide) groups is 1. The lowest BCUT2D eigenvalue weighted by atomic mass is 10.1. The molecular formula is C20H20ClF2N3O4S. The van der Waals surface area contributed by atoms with Crippen LogP contribution in [0.3, 0.4) is 0 Å². The summed E-state index contributed by atoms with van der Waals surface area (Å²) in [5.74, 6) is -0.954. The Morgan fingerprint density at radius 3 is 2.65 bits per heavy atom. The fourth-order valence-electron chi connectivity index (χ4n) is 3.40. The fourth-order valence-corrected chi connectivity index (χ4v) is 4.46. The van der Waals surface area contributed by atoms with Crippen LogP contribution in [0.1, 0.15) is 0 Å². The summed E-state index contributed by atoms with van der Waals surface area (Å²) in [6, 6.07) is 6.10. The van der Waals surface area contributed by atoms with E-state index in [2.05, 4.69) is 4.98 Å². The molecule has 7 nitrogen and oxygen atoms in total. The summed E-state index contributed by atoms with van der Waals surface area (Å²) in [4.78, 5) is 31.1. The highest BCUT2D eigenvalue weighted by atomic mass is 35.5. The lowest BCUT2D eigenvalue weighted by Gasteiger charge is -2.24. The highest BCUT2D eigenvalue weighted by Crippen LogP contribution is 2.34. The predicted octanol–water partition coefficient (Wildman–Crippen LogP) is 3.73. The van der Waals surface area contributed by atoms with Gasteiger partial charge in [0.2, 0.25) is 0 Å². The Labute approximate surface area is 185 Å². The van der Waals surface area contributed by atoms with E-state index in [1.807, 2.05) is 0 Å². The van der Waals surface area contributed by atoms with Gasteiger partial charge in [-0.2, -0.15) is 0 Å². The van der Waals surface area contributed by atoms with Gasteiger partial charge in [-0.05, 0) is 30.5 Å². The Kier molecular flexibility index (Phi) is 7.34. The average molecular weight is 472 g/mol. The molecule has 0 saturated carbocycles. The van der Waals surface area contributed by atoms with Gasteiger partial charge in [-0.1, -0.05) is 11.6 Å². The zero-order valence-electron chi connectivity index (χ0n) is 16.8. The van der Waals surface area contributed by atoms with E-state index in [1.54, 1.807) is 18.4 Å². The maximum atomic E-state index is 13.1. The maximum absolute atomic E-state index is 13.1. The molecule has 166 valence electrons. The van der Waals surface area contributed by atoms with E-state index < -0.39 is 25.5 Å². The molecule has 1 aromatic carbocycles. The lowest BCUT2D eigenvalue weighted by Crippen LogP contribution is -2.33. The number of hydrogen-bond donors (Lipinski definition) is 1. The van der Waals surface area contributed by atoms with Gasteiger partial charge < -0.3 is 19.3 Å². The Bertz CT molecular complexity index is 1190. The molecule has 0 saturated heterocycles. The number of hydrogen-bond acceptors (Lipinski definition) is 6. The van der Waals surface area contributed by atoms with E-state index in [1.165, 1.54) is 40.5 Å². The number of carboxylic acid groups (broad SMARTS) is 1. The van der Waals surface area contributed by atoms with Gasteiger partial charge in [-0.25, -0.2) is 13.8 Å². The standard InChI is InChI=1S/C20H20ClF2N3O4S/c1-30-8-7-25(9-14(22)23)15-6-4-12-18(29)11-3-5-13(21)19(31-2)17(11)26(10-16(27)28)20(12)24-15/h3-6,14H,7-10H2,1-2H3,(H,27,28). The number of carboxylic acids is 1. The fraction of sp³-hybridized carbons (Fsp3) is 0.350. The van der Waals surface area contributed by atoms with Crippen LogP contribution in [0, 0.1) is 0 Å². The molecule has 0 bridgehead atoms. The number of halogens is 3. The quantitative estimate of drug-likeness (QED) is 0.376. The lowest BCUT2D eigenvalue weighted by molar-refractivity contribution is -0.137. The van der Waals surface area contributed by atoms with Gasteiger partial charge in [0, 0.05) is 19.0 Å². The number of ether oxygens (including phenoxy) is 1. The average Bonchev–Trinajstić information content (AvgIpc) is 2.73. The second-order valence-corrected chi connectivity index (χ2v) is 7.88. The third-order valence-electron chi connectivity index (χ3n) is 4.70. The van der Waals surface area contributed by atoms with Crippen molar-refractivity contribution < 1.29 is 23.4 Å². The minimum atomic E-state index is -2.62. The van der Waals surface area contributed by atoms with Crippen molar-refractivity contribution in [2.24, 2.45) is 0 Å². The van der Waals surface area contributed by atoms with Gasteiger partial charge in [-0.15, -0.1) is 11.8 Å².